The van der Waals surface area contributed by atoms with Crippen LogP contribution in [0.2, 0.25) is 0 Å². The third-order valence-electron chi connectivity index (χ3n) is 2.98. The van der Waals surface area contributed by atoms with Gasteiger partial charge in [-0.05, 0) is 26.8 Å². The summed E-state index contributed by atoms with van der Waals surface area (Å²) < 4.78 is 17.0. The van der Waals surface area contributed by atoms with E-state index in [1.54, 1.807) is 0 Å². The number of rotatable bonds is 6. The monoisotopic (exact) mass is 277 g/mol. The van der Waals surface area contributed by atoms with Crippen LogP contribution < -0.4 is 5.73 Å². The summed E-state index contributed by atoms with van der Waals surface area (Å²) in [5.74, 6) is 0.810. The Labute approximate surface area is 119 Å². The Balaban J connectivity index is 1.93. The largest absolute Gasteiger partial charge is 0.458 e. The second kappa shape index (κ2) is 6.39. The molecule has 0 spiro atoms. The average Bonchev–Trinajstić information content (AvgIpc) is 2.74. The molecule has 0 fully saturated rings. The topological polar surface area (TPSA) is 57.6 Å². The Morgan fingerprint density at radius 2 is 1.90 bits per heavy atom. The number of nitrogens with two attached hydrogens (primary N) is 1. The summed E-state index contributed by atoms with van der Waals surface area (Å²) in [7, 11) is 0. The van der Waals surface area contributed by atoms with E-state index < -0.39 is 0 Å². The molecule has 0 amide bonds. The van der Waals surface area contributed by atoms with Crippen molar-refractivity contribution in [3.8, 4) is 0 Å². The van der Waals surface area contributed by atoms with E-state index in [1.807, 2.05) is 45.0 Å². The van der Waals surface area contributed by atoms with Gasteiger partial charge in [-0.1, -0.05) is 18.2 Å². The predicted molar refractivity (Wildman–Crippen MR) is 79.5 cm³/mol. The van der Waals surface area contributed by atoms with Crippen molar-refractivity contribution in [2.45, 2.75) is 39.5 Å². The Hall–Kier alpha value is -1.36. The van der Waals surface area contributed by atoms with Crippen molar-refractivity contribution < 1.29 is 13.9 Å². The molecule has 2 N–H and O–H groups in total. The van der Waals surface area contributed by atoms with Gasteiger partial charge in [-0.3, -0.25) is 0 Å². The van der Waals surface area contributed by atoms with E-state index in [0.717, 1.165) is 22.3 Å². The summed E-state index contributed by atoms with van der Waals surface area (Å²) in [6.07, 6.45) is 0. The highest BCUT2D eigenvalue weighted by molar-refractivity contribution is 5.82. The van der Waals surface area contributed by atoms with Crippen LogP contribution in [-0.2, 0) is 22.6 Å². The van der Waals surface area contributed by atoms with Gasteiger partial charge in [-0.25, -0.2) is 0 Å². The van der Waals surface area contributed by atoms with Crippen LogP contribution in [0.4, 0.5) is 0 Å². The summed E-state index contributed by atoms with van der Waals surface area (Å²) in [6.45, 7) is 8.07. The van der Waals surface area contributed by atoms with Gasteiger partial charge < -0.3 is 19.6 Å². The van der Waals surface area contributed by atoms with E-state index in [-0.39, 0.29) is 5.60 Å². The van der Waals surface area contributed by atoms with Crippen LogP contribution in [-0.4, -0.2) is 18.8 Å². The lowest BCUT2D eigenvalue weighted by atomic mass is 10.1. The minimum absolute atomic E-state index is 0.134. The number of fused-ring (bicyclic) bond motifs is 1. The molecule has 0 aliphatic rings. The number of para-hydroxylation sites is 1. The van der Waals surface area contributed by atoms with Gasteiger partial charge in [0.2, 0.25) is 0 Å². The molecule has 0 saturated carbocycles. The van der Waals surface area contributed by atoms with Crippen molar-refractivity contribution in [3.63, 3.8) is 0 Å². The fourth-order valence-electron chi connectivity index (χ4n) is 2.06. The van der Waals surface area contributed by atoms with Gasteiger partial charge in [0.05, 0.1) is 18.8 Å². The molecule has 0 unspecified atom stereocenters. The first-order valence-corrected chi connectivity index (χ1v) is 6.92. The van der Waals surface area contributed by atoms with Gasteiger partial charge in [-0.2, -0.15) is 0 Å². The van der Waals surface area contributed by atoms with Gasteiger partial charge in [0.25, 0.3) is 0 Å². The summed E-state index contributed by atoms with van der Waals surface area (Å²) >= 11 is 0. The van der Waals surface area contributed by atoms with Crippen molar-refractivity contribution in [3.05, 3.63) is 35.6 Å². The first kappa shape index (κ1) is 15.0. The molecule has 0 aliphatic heterocycles. The average molecular weight is 277 g/mol. The van der Waals surface area contributed by atoms with E-state index in [4.69, 9.17) is 19.6 Å². The van der Waals surface area contributed by atoms with E-state index in [0.29, 0.717) is 26.4 Å². The standard InChI is InChI=1S/C16H23NO3/c1-16(2,3)19-9-8-18-11-15-13(10-17)12-6-4-5-7-14(12)20-15/h4-7H,8-11,17H2,1-3H3. The number of benzene rings is 1. The van der Waals surface area contributed by atoms with Gasteiger partial charge in [0.1, 0.15) is 18.0 Å². The summed E-state index contributed by atoms with van der Waals surface area (Å²) in [6, 6.07) is 7.90. The molecule has 2 aromatic rings. The van der Waals surface area contributed by atoms with Crippen LogP contribution >= 0.6 is 0 Å². The fourth-order valence-corrected chi connectivity index (χ4v) is 2.06. The summed E-state index contributed by atoms with van der Waals surface area (Å²) in [4.78, 5) is 0. The summed E-state index contributed by atoms with van der Waals surface area (Å²) in [5, 5.41) is 1.07. The Morgan fingerprint density at radius 1 is 1.15 bits per heavy atom. The van der Waals surface area contributed by atoms with E-state index in [2.05, 4.69) is 0 Å². The van der Waals surface area contributed by atoms with Crippen molar-refractivity contribution in [1.29, 1.82) is 0 Å². The Morgan fingerprint density at radius 3 is 2.60 bits per heavy atom. The first-order valence-electron chi connectivity index (χ1n) is 6.92. The Kier molecular flexibility index (Phi) is 4.81. The maximum absolute atomic E-state index is 5.81. The van der Waals surface area contributed by atoms with Crippen LogP contribution in [0.15, 0.2) is 28.7 Å². The molecular formula is C16H23NO3. The zero-order valence-corrected chi connectivity index (χ0v) is 12.4. The van der Waals surface area contributed by atoms with Gasteiger partial charge in [0, 0.05) is 17.5 Å². The maximum Gasteiger partial charge on any atom is 0.135 e. The SMILES string of the molecule is CC(C)(C)OCCOCc1oc2ccccc2c1CN. The van der Waals surface area contributed by atoms with Crippen LogP contribution in [0.3, 0.4) is 0 Å². The zero-order chi connectivity index (χ0) is 14.6. The Bertz CT molecular complexity index is 554. The third-order valence-corrected chi connectivity index (χ3v) is 2.98. The van der Waals surface area contributed by atoms with E-state index in [9.17, 15) is 0 Å². The molecule has 4 nitrogen and oxygen atoms in total. The molecule has 0 saturated heterocycles. The molecular weight excluding hydrogens is 254 g/mol. The second-order valence-electron chi connectivity index (χ2n) is 5.72. The third kappa shape index (κ3) is 3.82. The van der Waals surface area contributed by atoms with E-state index in [1.165, 1.54) is 0 Å². The normalized spacial score (nSPS) is 12.2. The quantitative estimate of drug-likeness (QED) is 0.824. The van der Waals surface area contributed by atoms with Crippen molar-refractivity contribution in [2.24, 2.45) is 5.73 Å². The predicted octanol–water partition coefficient (Wildman–Crippen LogP) is 3.22. The van der Waals surface area contributed by atoms with E-state index >= 15 is 0 Å². The van der Waals surface area contributed by atoms with Gasteiger partial charge in [0.15, 0.2) is 0 Å². The fraction of sp³-hybridized carbons (Fsp3) is 0.500. The molecule has 0 radical (unpaired) electrons. The van der Waals surface area contributed by atoms with Crippen LogP contribution in [0.1, 0.15) is 32.1 Å². The molecule has 0 atom stereocenters. The molecule has 2 rings (SSSR count). The minimum atomic E-state index is -0.134. The number of hydrogen-bond acceptors (Lipinski definition) is 4. The van der Waals surface area contributed by atoms with Crippen LogP contribution in [0, 0.1) is 0 Å². The number of furan rings is 1. The van der Waals surface area contributed by atoms with Crippen LogP contribution in [0.25, 0.3) is 11.0 Å². The smallest absolute Gasteiger partial charge is 0.135 e. The second-order valence-corrected chi connectivity index (χ2v) is 5.72. The molecule has 1 aromatic carbocycles. The first-order chi connectivity index (χ1) is 9.51. The lowest BCUT2D eigenvalue weighted by molar-refractivity contribution is -0.0394. The highest BCUT2D eigenvalue weighted by atomic mass is 16.5. The van der Waals surface area contributed by atoms with Crippen molar-refractivity contribution in [1.82, 2.24) is 0 Å². The van der Waals surface area contributed by atoms with Gasteiger partial charge in [-0.15, -0.1) is 0 Å². The molecule has 1 heterocycles. The molecule has 4 heteroatoms. The zero-order valence-electron chi connectivity index (χ0n) is 12.4. The molecule has 0 bridgehead atoms. The van der Waals surface area contributed by atoms with Gasteiger partial charge >= 0.3 is 0 Å². The minimum Gasteiger partial charge on any atom is -0.458 e. The lowest BCUT2D eigenvalue weighted by Crippen LogP contribution is -2.21. The molecule has 20 heavy (non-hydrogen) atoms. The molecule has 110 valence electrons. The highest BCUT2D eigenvalue weighted by Crippen LogP contribution is 2.25. The number of ether oxygens (including phenoxy) is 2. The van der Waals surface area contributed by atoms with Crippen LogP contribution in [0.5, 0.6) is 0 Å². The lowest BCUT2D eigenvalue weighted by Gasteiger charge is -2.19. The number of hydrogen-bond donors (Lipinski definition) is 1. The maximum atomic E-state index is 5.81. The van der Waals surface area contributed by atoms with Crippen molar-refractivity contribution in [2.75, 3.05) is 13.2 Å². The molecule has 0 aliphatic carbocycles. The van der Waals surface area contributed by atoms with Crippen molar-refractivity contribution >= 4 is 11.0 Å². The highest BCUT2D eigenvalue weighted by Gasteiger charge is 2.13. The molecule has 1 aromatic heterocycles. The summed E-state index contributed by atoms with van der Waals surface area (Å²) in [5.41, 5.74) is 7.56.